The number of carbonyl (C=O) groups excluding carboxylic acids is 1. The van der Waals surface area contributed by atoms with Crippen LogP contribution in [0.1, 0.15) is 54.6 Å². The van der Waals surface area contributed by atoms with Crippen LogP contribution in [0, 0.1) is 0 Å². The van der Waals surface area contributed by atoms with Crippen LogP contribution in [0.15, 0.2) is 47.4 Å². The van der Waals surface area contributed by atoms with Crippen LogP contribution >= 0.6 is 11.6 Å². The molecule has 8 heteroatoms. The Morgan fingerprint density at radius 2 is 1.70 bits per heavy atom. The molecule has 2 aromatic carbocycles. The SMILES string of the molecule is COc1ccc([C@H](C)NC(=O)c2ccc(Cl)c(S(=O)(=O)N3CCCCCC3)c2)cc1. The third-order valence-electron chi connectivity index (χ3n) is 5.34. The van der Waals surface area contributed by atoms with E-state index in [1.165, 1.54) is 16.4 Å². The lowest BCUT2D eigenvalue weighted by atomic mass is 10.1. The van der Waals surface area contributed by atoms with E-state index < -0.39 is 10.0 Å². The number of hydrogen-bond donors (Lipinski definition) is 1. The quantitative estimate of drug-likeness (QED) is 0.707. The van der Waals surface area contributed by atoms with Crippen LogP contribution in [0.5, 0.6) is 5.75 Å². The molecular weight excluding hydrogens is 424 g/mol. The molecule has 6 nitrogen and oxygen atoms in total. The summed E-state index contributed by atoms with van der Waals surface area (Å²) in [4.78, 5) is 12.8. The number of amides is 1. The zero-order valence-electron chi connectivity index (χ0n) is 17.2. The molecule has 1 N–H and O–H groups in total. The maximum absolute atomic E-state index is 13.1. The second-order valence-corrected chi connectivity index (χ2v) is 9.75. The molecular formula is C22H27ClN2O4S. The Balaban J connectivity index is 1.80. The summed E-state index contributed by atoms with van der Waals surface area (Å²) in [6.07, 6.45) is 3.70. The van der Waals surface area contributed by atoms with Crippen LogP contribution in [0.2, 0.25) is 5.02 Å². The molecule has 1 aliphatic heterocycles. The van der Waals surface area contributed by atoms with Crippen molar-refractivity contribution >= 4 is 27.5 Å². The summed E-state index contributed by atoms with van der Waals surface area (Å²) in [5.41, 5.74) is 1.17. The summed E-state index contributed by atoms with van der Waals surface area (Å²) < 4.78 is 32.9. The van der Waals surface area contributed by atoms with Gasteiger partial charge in [-0.3, -0.25) is 4.79 Å². The van der Waals surface area contributed by atoms with Gasteiger partial charge in [0.1, 0.15) is 10.6 Å². The fraction of sp³-hybridized carbons (Fsp3) is 0.409. The van der Waals surface area contributed by atoms with Gasteiger partial charge in [0, 0.05) is 18.7 Å². The molecule has 162 valence electrons. The van der Waals surface area contributed by atoms with Crippen LogP contribution in [-0.4, -0.2) is 38.8 Å². The highest BCUT2D eigenvalue weighted by Gasteiger charge is 2.28. The number of carbonyl (C=O) groups is 1. The van der Waals surface area contributed by atoms with Gasteiger partial charge in [-0.2, -0.15) is 4.31 Å². The Hall–Kier alpha value is -2.09. The summed E-state index contributed by atoms with van der Waals surface area (Å²) >= 11 is 6.23. The van der Waals surface area contributed by atoms with Crippen LogP contribution in [0.25, 0.3) is 0 Å². The van der Waals surface area contributed by atoms with Crippen molar-refractivity contribution in [2.45, 2.75) is 43.5 Å². The monoisotopic (exact) mass is 450 g/mol. The second-order valence-electron chi connectivity index (χ2n) is 7.43. The number of ether oxygens (including phenoxy) is 1. The van der Waals surface area contributed by atoms with Crippen molar-refractivity contribution in [2.75, 3.05) is 20.2 Å². The standard InChI is InChI=1S/C22H27ClN2O4S/c1-16(17-7-10-19(29-2)11-8-17)24-22(26)18-9-12-20(23)21(15-18)30(27,28)25-13-5-3-4-6-14-25/h7-12,15-16H,3-6,13-14H2,1-2H3,(H,24,26)/t16-/m0/s1. The van der Waals surface area contributed by atoms with E-state index in [0.29, 0.717) is 13.1 Å². The summed E-state index contributed by atoms with van der Waals surface area (Å²) in [6.45, 7) is 2.82. The molecule has 1 fully saturated rings. The van der Waals surface area contributed by atoms with E-state index in [4.69, 9.17) is 16.3 Å². The van der Waals surface area contributed by atoms with Crippen molar-refractivity contribution in [3.63, 3.8) is 0 Å². The lowest BCUT2D eigenvalue weighted by Crippen LogP contribution is -2.32. The van der Waals surface area contributed by atoms with Crippen LogP contribution in [0.4, 0.5) is 0 Å². The van der Waals surface area contributed by atoms with Crippen LogP contribution in [0.3, 0.4) is 0 Å². The maximum Gasteiger partial charge on any atom is 0.251 e. The third-order valence-corrected chi connectivity index (χ3v) is 7.72. The average molecular weight is 451 g/mol. The second kappa shape index (κ2) is 9.81. The van der Waals surface area contributed by atoms with Crippen LogP contribution in [-0.2, 0) is 10.0 Å². The summed E-state index contributed by atoms with van der Waals surface area (Å²) in [5.74, 6) is 0.376. The molecule has 0 bridgehead atoms. The molecule has 1 atom stereocenters. The Bertz CT molecular complexity index is 985. The lowest BCUT2D eigenvalue weighted by Gasteiger charge is -2.21. The highest BCUT2D eigenvalue weighted by molar-refractivity contribution is 7.89. The molecule has 0 unspecified atom stereocenters. The maximum atomic E-state index is 13.1. The van der Waals surface area contributed by atoms with Crippen molar-refractivity contribution in [3.8, 4) is 5.75 Å². The predicted molar refractivity (Wildman–Crippen MR) is 118 cm³/mol. The molecule has 0 saturated carbocycles. The molecule has 1 aliphatic rings. The molecule has 0 aliphatic carbocycles. The van der Waals surface area contributed by atoms with Crippen molar-refractivity contribution in [1.29, 1.82) is 0 Å². The van der Waals surface area contributed by atoms with E-state index in [9.17, 15) is 13.2 Å². The van der Waals surface area contributed by atoms with Gasteiger partial charge in [0.15, 0.2) is 0 Å². The molecule has 3 rings (SSSR count). The molecule has 30 heavy (non-hydrogen) atoms. The van der Waals surface area contributed by atoms with Gasteiger partial charge in [-0.25, -0.2) is 8.42 Å². The zero-order chi connectivity index (χ0) is 21.7. The van der Waals surface area contributed by atoms with Crippen molar-refractivity contribution in [1.82, 2.24) is 9.62 Å². The number of sulfonamides is 1. The average Bonchev–Trinajstić information content (AvgIpc) is 3.04. The number of halogens is 1. The van der Waals surface area contributed by atoms with E-state index in [0.717, 1.165) is 37.0 Å². The Morgan fingerprint density at radius 3 is 2.30 bits per heavy atom. The fourth-order valence-corrected chi connectivity index (χ4v) is 5.54. The van der Waals surface area contributed by atoms with Gasteiger partial charge in [-0.05, 0) is 55.7 Å². The first-order valence-corrected chi connectivity index (χ1v) is 11.9. The highest BCUT2D eigenvalue weighted by atomic mass is 35.5. The smallest absolute Gasteiger partial charge is 0.251 e. The third kappa shape index (κ3) is 5.14. The van der Waals surface area contributed by atoms with Gasteiger partial charge in [0.25, 0.3) is 5.91 Å². The molecule has 1 saturated heterocycles. The predicted octanol–water partition coefficient (Wildman–Crippen LogP) is 4.40. The van der Waals surface area contributed by atoms with Gasteiger partial charge < -0.3 is 10.1 Å². The zero-order valence-corrected chi connectivity index (χ0v) is 18.8. The van der Waals surface area contributed by atoms with Gasteiger partial charge in [0.05, 0.1) is 18.2 Å². The van der Waals surface area contributed by atoms with E-state index in [2.05, 4.69) is 5.32 Å². The number of nitrogens with one attached hydrogen (secondary N) is 1. The Kier molecular flexibility index (Phi) is 7.39. The van der Waals surface area contributed by atoms with Crippen molar-refractivity contribution < 1.29 is 17.9 Å². The summed E-state index contributed by atoms with van der Waals surface area (Å²) in [6, 6.07) is 11.5. The molecule has 0 aromatic heterocycles. The summed E-state index contributed by atoms with van der Waals surface area (Å²) in [7, 11) is -2.16. The van der Waals surface area contributed by atoms with Crippen molar-refractivity contribution in [2.24, 2.45) is 0 Å². The minimum Gasteiger partial charge on any atom is -0.497 e. The number of benzene rings is 2. The molecule has 2 aromatic rings. The molecule has 1 heterocycles. The van der Waals surface area contributed by atoms with E-state index in [1.807, 2.05) is 31.2 Å². The van der Waals surface area contributed by atoms with Crippen LogP contribution < -0.4 is 10.1 Å². The Morgan fingerprint density at radius 1 is 1.07 bits per heavy atom. The first-order chi connectivity index (χ1) is 14.3. The first kappa shape index (κ1) is 22.6. The van der Waals surface area contributed by atoms with Gasteiger partial charge in [0.2, 0.25) is 10.0 Å². The minimum atomic E-state index is -3.75. The highest BCUT2D eigenvalue weighted by Crippen LogP contribution is 2.28. The number of methoxy groups -OCH3 is 1. The summed E-state index contributed by atoms with van der Waals surface area (Å²) in [5, 5.41) is 3.03. The molecule has 0 radical (unpaired) electrons. The number of rotatable bonds is 6. The van der Waals surface area contributed by atoms with E-state index >= 15 is 0 Å². The van der Waals surface area contributed by atoms with Gasteiger partial charge in [-0.1, -0.05) is 36.6 Å². The largest absolute Gasteiger partial charge is 0.497 e. The molecule has 1 amide bonds. The number of nitrogens with zero attached hydrogens (tertiary/aromatic N) is 1. The minimum absolute atomic E-state index is 0.0178. The molecule has 0 spiro atoms. The lowest BCUT2D eigenvalue weighted by molar-refractivity contribution is 0.0939. The van der Waals surface area contributed by atoms with Crippen molar-refractivity contribution in [3.05, 3.63) is 58.6 Å². The number of hydrogen-bond acceptors (Lipinski definition) is 4. The van der Waals surface area contributed by atoms with E-state index in [1.54, 1.807) is 13.2 Å². The van der Waals surface area contributed by atoms with Gasteiger partial charge in [-0.15, -0.1) is 0 Å². The first-order valence-electron chi connectivity index (χ1n) is 10.1. The normalized spacial score (nSPS) is 16.5. The van der Waals surface area contributed by atoms with Gasteiger partial charge >= 0.3 is 0 Å². The fourth-order valence-electron chi connectivity index (χ4n) is 3.52. The topological polar surface area (TPSA) is 75.7 Å². The Labute approximate surface area is 183 Å². The van der Waals surface area contributed by atoms with E-state index in [-0.39, 0.29) is 27.4 Å².